The van der Waals surface area contributed by atoms with Gasteiger partial charge < -0.3 is 8.23 Å². The molecule has 0 saturated heterocycles. The Morgan fingerprint density at radius 1 is 1.30 bits per heavy atom. The van der Waals surface area contributed by atoms with E-state index in [0.717, 1.165) is 0 Å². The fraction of sp³-hybridized carbons (Fsp3) is 1.00. The molecule has 0 saturated carbocycles. The largest absolute Gasteiger partial charge is 0.442 e. The summed E-state index contributed by atoms with van der Waals surface area (Å²) < 4.78 is 11.4. The minimum absolute atomic E-state index is 0.274. The van der Waals surface area contributed by atoms with Crippen molar-refractivity contribution in [3.63, 3.8) is 0 Å². The van der Waals surface area contributed by atoms with Gasteiger partial charge in [-0.3, -0.25) is 0 Å². The van der Waals surface area contributed by atoms with Crippen LogP contribution in [0.15, 0.2) is 0 Å². The van der Waals surface area contributed by atoms with Gasteiger partial charge in [0.25, 0.3) is 0 Å². The Kier molecular flexibility index (Phi) is 4.70. The molecule has 0 aromatic carbocycles. The molecule has 0 amide bonds. The number of rotatable bonds is 4. The van der Waals surface area contributed by atoms with Crippen LogP contribution in [0.25, 0.3) is 0 Å². The van der Waals surface area contributed by atoms with Gasteiger partial charge in [0.05, 0.1) is 0 Å². The van der Waals surface area contributed by atoms with Crippen LogP contribution in [0.5, 0.6) is 0 Å². The summed E-state index contributed by atoms with van der Waals surface area (Å²) in [6.07, 6.45) is 0. The molecule has 5 heteroatoms. The van der Waals surface area contributed by atoms with Crippen molar-refractivity contribution in [2.75, 3.05) is 0 Å². The highest BCUT2D eigenvalue weighted by Crippen LogP contribution is 2.06. The molecule has 0 rings (SSSR count). The zero-order chi connectivity index (χ0) is 8.20. The highest BCUT2D eigenvalue weighted by atomic mass is 28.4. The third-order valence-corrected chi connectivity index (χ3v) is 9.10. The molecule has 2 nitrogen and oxygen atoms in total. The Hall–Kier alpha value is 0.571. The fourth-order valence-corrected chi connectivity index (χ4v) is 9.16. The Morgan fingerprint density at radius 2 is 1.80 bits per heavy atom. The Labute approximate surface area is 68.9 Å². The van der Waals surface area contributed by atoms with Crippen LogP contribution in [0.4, 0.5) is 0 Å². The molecule has 0 unspecified atom stereocenters. The summed E-state index contributed by atoms with van der Waals surface area (Å²) in [6.45, 7) is 10.8. The van der Waals surface area contributed by atoms with Crippen molar-refractivity contribution < 1.29 is 8.23 Å². The molecule has 0 atom stereocenters. The normalized spacial score (nSPS) is 13.8. The highest BCUT2D eigenvalue weighted by molar-refractivity contribution is 6.75. The predicted octanol–water partition coefficient (Wildman–Crippen LogP) is 0.837. The zero-order valence-corrected chi connectivity index (χ0v) is 11.2. The summed E-state index contributed by atoms with van der Waals surface area (Å²) >= 11 is 0. The molecule has 0 heterocycles. The van der Waals surface area contributed by atoms with Gasteiger partial charge in [-0.25, -0.2) is 0 Å². The maximum absolute atomic E-state index is 5.77. The van der Waals surface area contributed by atoms with Gasteiger partial charge in [0.15, 0.2) is 9.04 Å². The molecule has 0 bridgehead atoms. The van der Waals surface area contributed by atoms with Crippen molar-refractivity contribution in [3.8, 4) is 0 Å². The Balaban J connectivity index is 3.63. The van der Waals surface area contributed by atoms with Gasteiger partial charge in [-0.15, -0.1) is 0 Å². The average molecular weight is 194 g/mol. The summed E-state index contributed by atoms with van der Waals surface area (Å²) in [5.74, 6) is 0. The van der Waals surface area contributed by atoms with Gasteiger partial charge >= 0.3 is 8.56 Å². The van der Waals surface area contributed by atoms with Crippen molar-refractivity contribution in [3.05, 3.63) is 0 Å². The van der Waals surface area contributed by atoms with Crippen LogP contribution in [0.3, 0.4) is 0 Å². The fourth-order valence-electron chi connectivity index (χ4n) is 0.949. The molecule has 62 valence electrons. The van der Waals surface area contributed by atoms with E-state index in [4.69, 9.17) is 8.23 Å². The lowest BCUT2D eigenvalue weighted by molar-refractivity contribution is 0.423. The smallest absolute Gasteiger partial charge is 0.310 e. The SMILES string of the molecule is C[SiH2]O[Si](C)(C)O[SiH](C)C. The lowest BCUT2D eigenvalue weighted by Crippen LogP contribution is -2.39. The molecule has 0 aliphatic heterocycles. The standard InChI is InChI=1S/C5H18O2Si3/c1-8-6-10(4,5)7-9(2)3/h9H,8H2,1-5H3. The van der Waals surface area contributed by atoms with Crippen LogP contribution < -0.4 is 0 Å². The van der Waals surface area contributed by atoms with Crippen molar-refractivity contribution in [2.45, 2.75) is 32.7 Å². The maximum Gasteiger partial charge on any atom is 0.310 e. The lowest BCUT2D eigenvalue weighted by atomic mass is 11.9. The third kappa shape index (κ3) is 5.36. The second-order valence-electron chi connectivity index (χ2n) is 3.00. The number of hydrogen-bond acceptors (Lipinski definition) is 2. The molecule has 0 aliphatic rings. The summed E-state index contributed by atoms with van der Waals surface area (Å²) in [4.78, 5) is 0. The zero-order valence-electron chi connectivity index (χ0n) is 7.60. The first-order chi connectivity index (χ1) is 4.48. The second kappa shape index (κ2) is 4.45. The lowest BCUT2D eigenvalue weighted by Gasteiger charge is -2.24. The Bertz CT molecular complexity index is 94.9. The van der Waals surface area contributed by atoms with Crippen molar-refractivity contribution in [2.24, 2.45) is 0 Å². The predicted molar refractivity (Wildman–Crippen MR) is 52.9 cm³/mol. The molecule has 10 heavy (non-hydrogen) atoms. The molecular weight excluding hydrogens is 176 g/mol. The maximum atomic E-state index is 5.77. The van der Waals surface area contributed by atoms with E-state index in [1.54, 1.807) is 0 Å². The molecule has 0 aromatic heterocycles. The van der Waals surface area contributed by atoms with Crippen molar-refractivity contribution >= 4 is 27.4 Å². The highest BCUT2D eigenvalue weighted by Gasteiger charge is 2.23. The summed E-state index contributed by atoms with van der Waals surface area (Å²) in [5, 5.41) is 0. The van der Waals surface area contributed by atoms with E-state index in [2.05, 4.69) is 32.7 Å². The van der Waals surface area contributed by atoms with Gasteiger partial charge in [0.1, 0.15) is 9.76 Å². The quantitative estimate of drug-likeness (QED) is 0.618. The average Bonchev–Trinajstić information content (AvgIpc) is 1.59. The molecule has 0 aromatic rings. The monoisotopic (exact) mass is 194 g/mol. The number of hydrogen-bond donors (Lipinski definition) is 0. The third-order valence-electron chi connectivity index (χ3n) is 1.01. The topological polar surface area (TPSA) is 18.5 Å². The van der Waals surface area contributed by atoms with E-state index in [9.17, 15) is 0 Å². The Morgan fingerprint density at radius 3 is 2.10 bits per heavy atom. The second-order valence-corrected chi connectivity index (χ2v) is 10.6. The first-order valence-corrected chi connectivity index (χ1v) is 11.4. The first-order valence-electron chi connectivity index (χ1n) is 3.79. The van der Waals surface area contributed by atoms with Gasteiger partial charge in [-0.05, 0) is 26.2 Å². The van der Waals surface area contributed by atoms with Crippen LogP contribution in [0, 0.1) is 0 Å². The molecule has 0 N–H and O–H groups in total. The van der Waals surface area contributed by atoms with Crippen molar-refractivity contribution in [1.82, 2.24) is 0 Å². The van der Waals surface area contributed by atoms with E-state index < -0.39 is 17.6 Å². The van der Waals surface area contributed by atoms with Crippen LogP contribution >= 0.6 is 0 Å². The molecular formula is C5H18O2Si3. The van der Waals surface area contributed by atoms with E-state index in [-0.39, 0.29) is 9.76 Å². The van der Waals surface area contributed by atoms with Crippen LogP contribution in [-0.2, 0) is 8.23 Å². The van der Waals surface area contributed by atoms with Gasteiger partial charge in [0, 0.05) is 0 Å². The molecule has 0 radical (unpaired) electrons. The van der Waals surface area contributed by atoms with Gasteiger partial charge in [0.2, 0.25) is 0 Å². The molecule has 0 spiro atoms. The summed E-state index contributed by atoms with van der Waals surface area (Å²) in [6, 6.07) is 0. The van der Waals surface area contributed by atoms with Crippen LogP contribution in [-0.4, -0.2) is 27.4 Å². The minimum Gasteiger partial charge on any atom is -0.442 e. The van der Waals surface area contributed by atoms with E-state index in [1.807, 2.05) is 0 Å². The van der Waals surface area contributed by atoms with E-state index in [0.29, 0.717) is 0 Å². The summed E-state index contributed by atoms with van der Waals surface area (Å²) in [5.41, 5.74) is 0. The van der Waals surface area contributed by atoms with Gasteiger partial charge in [-0.2, -0.15) is 0 Å². The minimum atomic E-state index is -1.64. The first kappa shape index (κ1) is 10.6. The van der Waals surface area contributed by atoms with Crippen LogP contribution in [0.1, 0.15) is 0 Å². The molecule has 0 aliphatic carbocycles. The van der Waals surface area contributed by atoms with Crippen molar-refractivity contribution in [1.29, 1.82) is 0 Å². The van der Waals surface area contributed by atoms with E-state index >= 15 is 0 Å². The van der Waals surface area contributed by atoms with Crippen LogP contribution in [0.2, 0.25) is 32.7 Å². The molecule has 0 fully saturated rings. The van der Waals surface area contributed by atoms with E-state index in [1.165, 1.54) is 0 Å². The summed E-state index contributed by atoms with van der Waals surface area (Å²) in [7, 11) is -2.79. The van der Waals surface area contributed by atoms with Gasteiger partial charge in [-0.1, -0.05) is 6.55 Å².